The van der Waals surface area contributed by atoms with E-state index >= 15 is 0 Å². The van der Waals surface area contributed by atoms with Gasteiger partial charge in [-0.2, -0.15) is 10.2 Å². The Hall–Kier alpha value is -1.98. The fraction of sp³-hybridized carbons (Fsp3) is 0.400. The van der Waals surface area contributed by atoms with Crippen LogP contribution in [0.1, 0.15) is 11.4 Å². The summed E-state index contributed by atoms with van der Waals surface area (Å²) in [6.45, 7) is 3.41. The number of hydrogen-bond acceptors (Lipinski definition) is 4. The Balaban J connectivity index is 2.76. The SMILES string of the molecule is Cc1nn(C)c(-c2c(O)c(C)nn2C)c1O. The van der Waals surface area contributed by atoms with E-state index in [0.29, 0.717) is 22.8 Å². The van der Waals surface area contributed by atoms with Gasteiger partial charge in [0.1, 0.15) is 22.8 Å². The number of nitrogens with zero attached hydrogens (tertiary/aromatic N) is 4. The average Bonchev–Trinajstić information content (AvgIpc) is 2.57. The zero-order valence-electron chi connectivity index (χ0n) is 9.68. The topological polar surface area (TPSA) is 76.1 Å². The molecule has 0 saturated heterocycles. The van der Waals surface area contributed by atoms with Crippen LogP contribution in [0.15, 0.2) is 0 Å². The zero-order valence-corrected chi connectivity index (χ0v) is 9.68. The zero-order chi connectivity index (χ0) is 12.0. The van der Waals surface area contributed by atoms with Crippen LogP contribution in [-0.2, 0) is 14.1 Å². The van der Waals surface area contributed by atoms with Gasteiger partial charge >= 0.3 is 0 Å². The predicted molar refractivity (Wildman–Crippen MR) is 58.2 cm³/mol. The summed E-state index contributed by atoms with van der Waals surface area (Å²) in [7, 11) is 3.42. The van der Waals surface area contributed by atoms with Gasteiger partial charge in [0.15, 0.2) is 11.5 Å². The van der Waals surface area contributed by atoms with Gasteiger partial charge in [0, 0.05) is 14.1 Å². The van der Waals surface area contributed by atoms with Crippen molar-refractivity contribution in [2.45, 2.75) is 13.8 Å². The van der Waals surface area contributed by atoms with Crippen LogP contribution in [0.25, 0.3) is 11.4 Å². The van der Waals surface area contributed by atoms with E-state index in [1.54, 1.807) is 27.9 Å². The molecule has 0 amide bonds. The molecule has 0 bridgehead atoms. The van der Waals surface area contributed by atoms with Crippen molar-refractivity contribution in [1.82, 2.24) is 19.6 Å². The van der Waals surface area contributed by atoms with Crippen LogP contribution < -0.4 is 0 Å². The summed E-state index contributed by atoms with van der Waals surface area (Å²) in [5, 5.41) is 28.0. The molecule has 0 radical (unpaired) electrons. The molecule has 0 aliphatic carbocycles. The maximum absolute atomic E-state index is 9.89. The molecule has 6 heteroatoms. The minimum atomic E-state index is 0.0702. The second-order valence-corrected chi connectivity index (χ2v) is 3.81. The molecule has 0 fully saturated rings. The van der Waals surface area contributed by atoms with Crippen LogP contribution >= 0.6 is 0 Å². The lowest BCUT2D eigenvalue weighted by Gasteiger charge is -2.03. The summed E-state index contributed by atoms with van der Waals surface area (Å²) >= 11 is 0. The highest BCUT2D eigenvalue weighted by atomic mass is 16.3. The molecule has 0 aromatic carbocycles. The monoisotopic (exact) mass is 222 g/mol. The molecule has 2 rings (SSSR count). The minimum absolute atomic E-state index is 0.0702. The van der Waals surface area contributed by atoms with Crippen molar-refractivity contribution < 1.29 is 10.2 Å². The third-order valence-electron chi connectivity index (χ3n) is 2.61. The minimum Gasteiger partial charge on any atom is -0.504 e. The number of aromatic hydroxyl groups is 2. The van der Waals surface area contributed by atoms with Crippen LogP contribution in [0.3, 0.4) is 0 Å². The summed E-state index contributed by atoms with van der Waals surface area (Å²) in [6.07, 6.45) is 0. The van der Waals surface area contributed by atoms with Gasteiger partial charge in [-0.3, -0.25) is 9.36 Å². The summed E-state index contributed by atoms with van der Waals surface area (Å²) in [5.41, 5.74) is 1.99. The first kappa shape index (κ1) is 10.5. The van der Waals surface area contributed by atoms with Crippen LogP contribution in [0.2, 0.25) is 0 Å². The van der Waals surface area contributed by atoms with Crippen molar-refractivity contribution in [3.8, 4) is 22.9 Å². The summed E-state index contributed by atoms with van der Waals surface area (Å²) < 4.78 is 3.06. The van der Waals surface area contributed by atoms with E-state index in [-0.39, 0.29) is 11.5 Å². The Morgan fingerprint density at radius 1 is 0.812 bits per heavy atom. The summed E-state index contributed by atoms with van der Waals surface area (Å²) in [5.74, 6) is 0.140. The van der Waals surface area contributed by atoms with Crippen LogP contribution in [0.5, 0.6) is 11.5 Å². The molecule has 0 spiro atoms. The van der Waals surface area contributed by atoms with Gasteiger partial charge in [-0.1, -0.05) is 0 Å². The molecule has 0 atom stereocenters. The van der Waals surface area contributed by atoms with E-state index < -0.39 is 0 Å². The van der Waals surface area contributed by atoms with E-state index in [0.717, 1.165) is 0 Å². The van der Waals surface area contributed by atoms with Crippen LogP contribution in [-0.4, -0.2) is 29.8 Å². The Kier molecular flexibility index (Phi) is 2.15. The Bertz CT molecular complexity index is 503. The fourth-order valence-corrected chi connectivity index (χ4v) is 1.82. The van der Waals surface area contributed by atoms with Crippen LogP contribution in [0.4, 0.5) is 0 Å². The van der Waals surface area contributed by atoms with E-state index in [1.807, 2.05) is 0 Å². The van der Waals surface area contributed by atoms with Crippen molar-refractivity contribution in [3.05, 3.63) is 11.4 Å². The molecule has 86 valence electrons. The second-order valence-electron chi connectivity index (χ2n) is 3.81. The third kappa shape index (κ3) is 1.26. The van der Waals surface area contributed by atoms with E-state index in [2.05, 4.69) is 10.2 Å². The summed E-state index contributed by atoms with van der Waals surface area (Å²) in [4.78, 5) is 0. The molecule has 2 aromatic heterocycles. The van der Waals surface area contributed by atoms with Gasteiger partial charge < -0.3 is 10.2 Å². The second kappa shape index (κ2) is 3.26. The molecular weight excluding hydrogens is 208 g/mol. The molecule has 0 unspecified atom stereocenters. The largest absolute Gasteiger partial charge is 0.504 e. The first-order valence-electron chi connectivity index (χ1n) is 4.89. The number of aryl methyl sites for hydroxylation is 4. The number of hydrogen-bond donors (Lipinski definition) is 2. The molecule has 2 N–H and O–H groups in total. The van der Waals surface area contributed by atoms with Crippen molar-refractivity contribution >= 4 is 0 Å². The van der Waals surface area contributed by atoms with Crippen molar-refractivity contribution in [2.75, 3.05) is 0 Å². The van der Waals surface area contributed by atoms with Gasteiger partial charge in [-0.05, 0) is 13.8 Å². The lowest BCUT2D eigenvalue weighted by atomic mass is 10.2. The maximum atomic E-state index is 9.89. The first-order chi connectivity index (χ1) is 7.43. The molecule has 6 nitrogen and oxygen atoms in total. The average molecular weight is 222 g/mol. The summed E-state index contributed by atoms with van der Waals surface area (Å²) in [6, 6.07) is 0. The van der Waals surface area contributed by atoms with Gasteiger partial charge in [0.2, 0.25) is 0 Å². The van der Waals surface area contributed by atoms with E-state index in [4.69, 9.17) is 0 Å². The normalized spacial score (nSPS) is 11.0. The quantitative estimate of drug-likeness (QED) is 0.750. The highest BCUT2D eigenvalue weighted by molar-refractivity contribution is 5.70. The Morgan fingerprint density at radius 3 is 1.31 bits per heavy atom. The Labute approximate surface area is 92.8 Å². The Morgan fingerprint density at radius 2 is 1.12 bits per heavy atom. The molecule has 0 aliphatic heterocycles. The third-order valence-corrected chi connectivity index (χ3v) is 2.61. The molecule has 16 heavy (non-hydrogen) atoms. The lowest BCUT2D eigenvalue weighted by molar-refractivity contribution is 0.463. The molecule has 2 heterocycles. The standard InChI is InChI=1S/C10H14N4O2/c1-5-9(15)7(13(3)11-5)8-10(16)6(2)12-14(8)4/h15-16H,1-4H3. The molecule has 0 saturated carbocycles. The highest BCUT2D eigenvalue weighted by Crippen LogP contribution is 2.37. The smallest absolute Gasteiger partial charge is 0.166 e. The predicted octanol–water partition coefficient (Wildman–Crippen LogP) is 0.849. The number of rotatable bonds is 1. The highest BCUT2D eigenvalue weighted by Gasteiger charge is 2.22. The van der Waals surface area contributed by atoms with Gasteiger partial charge in [-0.15, -0.1) is 0 Å². The van der Waals surface area contributed by atoms with Gasteiger partial charge in [0.05, 0.1) is 0 Å². The van der Waals surface area contributed by atoms with E-state index in [1.165, 1.54) is 9.36 Å². The molecular formula is C10H14N4O2. The molecule has 0 aliphatic rings. The van der Waals surface area contributed by atoms with Crippen LogP contribution in [0, 0.1) is 13.8 Å². The number of aromatic nitrogens is 4. The van der Waals surface area contributed by atoms with Gasteiger partial charge in [0.25, 0.3) is 0 Å². The van der Waals surface area contributed by atoms with Crippen molar-refractivity contribution in [1.29, 1.82) is 0 Å². The fourth-order valence-electron chi connectivity index (χ4n) is 1.82. The van der Waals surface area contributed by atoms with E-state index in [9.17, 15) is 10.2 Å². The van der Waals surface area contributed by atoms with Crippen molar-refractivity contribution in [3.63, 3.8) is 0 Å². The van der Waals surface area contributed by atoms with Gasteiger partial charge in [-0.25, -0.2) is 0 Å². The lowest BCUT2D eigenvalue weighted by Crippen LogP contribution is -1.99. The maximum Gasteiger partial charge on any atom is 0.166 e. The molecule has 2 aromatic rings. The first-order valence-corrected chi connectivity index (χ1v) is 4.89. The van der Waals surface area contributed by atoms with Crippen molar-refractivity contribution in [2.24, 2.45) is 14.1 Å².